The van der Waals surface area contributed by atoms with Crippen LogP contribution in [-0.2, 0) is 5.67 Å². The van der Waals surface area contributed by atoms with Crippen molar-refractivity contribution in [3.05, 3.63) is 83.7 Å². The molecule has 1 atom stereocenters. The molecule has 4 heterocycles. The fourth-order valence-corrected chi connectivity index (χ4v) is 4.96. The summed E-state index contributed by atoms with van der Waals surface area (Å²) in [5.41, 5.74) is -4.83. The van der Waals surface area contributed by atoms with Crippen LogP contribution in [0.5, 0.6) is 0 Å². The van der Waals surface area contributed by atoms with Gasteiger partial charge < -0.3 is 9.80 Å². The fraction of sp³-hybridized carbons (Fsp3) is 0.385. The maximum Gasteiger partial charge on any atom is 0.418 e. The topological polar surface area (TPSA) is 37.4 Å². The number of rotatable bonds is 6. The second kappa shape index (κ2) is 9.25. The number of azo groups is 1. The molecule has 0 unspecified atom stereocenters. The van der Waals surface area contributed by atoms with Crippen molar-refractivity contribution in [1.29, 1.82) is 0 Å². The number of fused-ring (bicyclic) bond motifs is 1. The van der Waals surface area contributed by atoms with Crippen molar-refractivity contribution in [2.24, 2.45) is 10.2 Å². The maximum absolute atomic E-state index is 15.8. The Morgan fingerprint density at radius 1 is 1.07 bits per heavy atom. The van der Waals surface area contributed by atoms with Crippen LogP contribution in [0.15, 0.2) is 82.2 Å². The lowest BCUT2D eigenvalue weighted by molar-refractivity contribution is -0.505. The third-order valence-corrected chi connectivity index (χ3v) is 7.18. The standard InChI is InChI=1S/C26H24F8N6/c1-16-39(19-6-4-5-18(10-19)23(2,27)25(30,31)22-36-35-15-37(22)3)13-21-20(26(32,33)34)9-17(12-40(16)21)11-38-8-7-24(28,29)14-38/h4-6,9-10,12-13,15H,1,7-8,11,14H2,2-3H3/q+1/t23-/m0/s1. The van der Waals surface area contributed by atoms with Crippen LogP contribution in [0.2, 0.25) is 0 Å². The molecule has 4 aliphatic rings. The van der Waals surface area contributed by atoms with Gasteiger partial charge in [-0.25, -0.2) is 17.7 Å². The van der Waals surface area contributed by atoms with Crippen molar-refractivity contribution < 1.29 is 39.7 Å². The molecule has 40 heavy (non-hydrogen) atoms. The van der Waals surface area contributed by atoms with Gasteiger partial charge in [0.2, 0.25) is 5.67 Å². The summed E-state index contributed by atoms with van der Waals surface area (Å²) in [4.78, 5) is 3.74. The highest BCUT2D eigenvalue weighted by atomic mass is 19.4. The molecule has 0 aliphatic carbocycles. The number of hydrogen-bond donors (Lipinski definition) is 0. The molecule has 1 aromatic carbocycles. The van der Waals surface area contributed by atoms with E-state index in [1.807, 2.05) is 0 Å². The van der Waals surface area contributed by atoms with E-state index >= 15 is 13.2 Å². The van der Waals surface area contributed by atoms with E-state index < -0.39 is 47.5 Å². The minimum atomic E-state index is -4.80. The van der Waals surface area contributed by atoms with E-state index in [1.54, 1.807) is 0 Å². The van der Waals surface area contributed by atoms with Gasteiger partial charge in [-0.2, -0.15) is 22.0 Å². The number of alkyl halides is 8. The lowest BCUT2D eigenvalue weighted by Crippen LogP contribution is -2.46. The van der Waals surface area contributed by atoms with Gasteiger partial charge in [0.25, 0.3) is 5.92 Å². The Morgan fingerprint density at radius 3 is 2.40 bits per heavy atom. The predicted molar refractivity (Wildman–Crippen MR) is 130 cm³/mol. The summed E-state index contributed by atoms with van der Waals surface area (Å²) < 4.78 is 117. The van der Waals surface area contributed by atoms with E-state index in [-0.39, 0.29) is 42.3 Å². The normalized spacial score (nSPS) is 23.2. The van der Waals surface area contributed by atoms with Gasteiger partial charge in [0.15, 0.2) is 0 Å². The Labute approximate surface area is 224 Å². The molecule has 213 valence electrons. The number of nitrogens with zero attached hydrogens (tertiary/aromatic N) is 6. The zero-order valence-corrected chi connectivity index (χ0v) is 21.4. The van der Waals surface area contributed by atoms with Crippen LogP contribution < -0.4 is 4.90 Å². The zero-order chi connectivity index (χ0) is 29.3. The number of anilines is 1. The van der Waals surface area contributed by atoms with Crippen LogP contribution in [0.4, 0.5) is 40.8 Å². The number of allylic oxidation sites excluding steroid dienone is 1. The predicted octanol–water partition coefficient (Wildman–Crippen LogP) is 6.29. The van der Waals surface area contributed by atoms with E-state index in [0.717, 1.165) is 40.2 Å². The zero-order valence-electron chi connectivity index (χ0n) is 21.4. The number of benzene rings is 1. The van der Waals surface area contributed by atoms with Crippen molar-refractivity contribution in [2.75, 3.05) is 31.6 Å². The molecular weight excluding hydrogens is 548 g/mol. The van der Waals surface area contributed by atoms with E-state index in [1.165, 1.54) is 35.2 Å². The number of halogens is 8. The molecule has 0 N–H and O–H groups in total. The minimum absolute atomic E-state index is 0.00637. The average molecular weight is 573 g/mol. The first-order valence-corrected chi connectivity index (χ1v) is 12.1. The molecule has 0 aromatic heterocycles. The van der Waals surface area contributed by atoms with Crippen LogP contribution in [0, 0.1) is 6.17 Å². The summed E-state index contributed by atoms with van der Waals surface area (Å²) in [7, 11) is 1.25. The molecule has 1 radical (unpaired) electrons. The van der Waals surface area contributed by atoms with Crippen molar-refractivity contribution in [3.63, 3.8) is 0 Å². The molecule has 1 saturated heterocycles. The van der Waals surface area contributed by atoms with Crippen LogP contribution >= 0.6 is 0 Å². The van der Waals surface area contributed by atoms with Gasteiger partial charge in [0, 0.05) is 37.6 Å². The smallest absolute Gasteiger partial charge is 0.301 e. The van der Waals surface area contributed by atoms with Gasteiger partial charge in [0.1, 0.15) is 5.82 Å². The van der Waals surface area contributed by atoms with Gasteiger partial charge in [-0.15, -0.1) is 0 Å². The first kappa shape index (κ1) is 28.0. The highest BCUT2D eigenvalue weighted by Gasteiger charge is 2.64. The average Bonchev–Trinajstić information content (AvgIpc) is 3.55. The SMILES string of the molecule is C=C1N2C=C(CN3CCC(F)(F)C3)C=C(C(F)(F)F)C2=CN1c1cccc([C@](C)(F)C(F)(F)[C]2N=NC=[N+]2C)c1. The molecule has 6 nitrogen and oxygen atoms in total. The molecular formula is C26H24F8N6+. The van der Waals surface area contributed by atoms with Crippen LogP contribution in [0.3, 0.4) is 0 Å². The summed E-state index contributed by atoms with van der Waals surface area (Å²) >= 11 is 0. The van der Waals surface area contributed by atoms with Gasteiger partial charge in [-0.1, -0.05) is 18.7 Å². The van der Waals surface area contributed by atoms with Gasteiger partial charge in [-0.05, 0) is 41.4 Å². The van der Waals surface area contributed by atoms with Gasteiger partial charge >= 0.3 is 24.6 Å². The fourth-order valence-electron chi connectivity index (χ4n) is 4.96. The van der Waals surface area contributed by atoms with Crippen molar-refractivity contribution in [3.8, 4) is 0 Å². The van der Waals surface area contributed by atoms with Crippen LogP contribution in [0.1, 0.15) is 18.9 Å². The highest BCUT2D eigenvalue weighted by Crippen LogP contribution is 2.49. The lowest BCUT2D eigenvalue weighted by Gasteiger charge is -2.31. The molecule has 5 rings (SSSR count). The largest absolute Gasteiger partial charge is 0.418 e. The first-order valence-electron chi connectivity index (χ1n) is 12.1. The van der Waals surface area contributed by atoms with E-state index in [2.05, 4.69) is 16.8 Å². The van der Waals surface area contributed by atoms with Gasteiger partial charge in [0.05, 0.1) is 30.0 Å². The maximum atomic E-state index is 15.8. The third kappa shape index (κ3) is 4.71. The summed E-state index contributed by atoms with van der Waals surface area (Å²) in [6.07, 6.45) is -1.70. The summed E-state index contributed by atoms with van der Waals surface area (Å²) in [6, 6.07) is 4.94. The molecule has 1 fully saturated rings. The Morgan fingerprint density at radius 2 is 1.80 bits per heavy atom. The van der Waals surface area contributed by atoms with Crippen molar-refractivity contribution in [1.82, 2.24) is 9.80 Å². The minimum Gasteiger partial charge on any atom is -0.301 e. The lowest BCUT2D eigenvalue weighted by atomic mass is 9.88. The molecule has 14 heteroatoms. The quantitative estimate of drug-likeness (QED) is 0.297. The number of likely N-dealkylation sites (tertiary alicyclic amines) is 1. The molecule has 1 aromatic rings. The summed E-state index contributed by atoms with van der Waals surface area (Å²) in [5, 5.41) is 6.73. The molecule has 0 saturated carbocycles. The van der Waals surface area contributed by atoms with Gasteiger partial charge in [-0.3, -0.25) is 4.90 Å². The highest BCUT2D eigenvalue weighted by molar-refractivity contribution is 5.64. The Balaban J connectivity index is 1.46. The second-order valence-electron chi connectivity index (χ2n) is 10.1. The number of hydrogen-bond acceptors (Lipinski definition) is 5. The molecule has 0 amide bonds. The van der Waals surface area contributed by atoms with Crippen molar-refractivity contribution >= 4 is 12.0 Å². The Bertz CT molecular complexity index is 1390. The molecule has 0 spiro atoms. The van der Waals surface area contributed by atoms with Crippen LogP contribution in [0.25, 0.3) is 0 Å². The first-order chi connectivity index (χ1) is 18.5. The molecule has 4 aliphatic heterocycles. The van der Waals surface area contributed by atoms with Crippen molar-refractivity contribution in [2.45, 2.75) is 37.0 Å². The molecule has 0 bridgehead atoms. The second-order valence-corrected chi connectivity index (χ2v) is 10.1. The monoisotopic (exact) mass is 572 g/mol. The Kier molecular flexibility index (Phi) is 6.47. The summed E-state index contributed by atoms with van der Waals surface area (Å²) in [5.74, 6) is -7.01. The Hall–Kier alpha value is -3.55. The van der Waals surface area contributed by atoms with Crippen LogP contribution in [-0.4, -0.2) is 65.4 Å². The van der Waals surface area contributed by atoms with E-state index in [0.29, 0.717) is 6.92 Å². The third-order valence-electron chi connectivity index (χ3n) is 7.18. The van der Waals surface area contributed by atoms with E-state index in [4.69, 9.17) is 0 Å². The van der Waals surface area contributed by atoms with E-state index in [9.17, 15) is 22.0 Å². The summed E-state index contributed by atoms with van der Waals surface area (Å²) in [6.45, 7) is 3.87.